The molecule has 0 aliphatic carbocycles. The molecular weight excluding hydrogens is 336 g/mol. The average Bonchev–Trinajstić information content (AvgIpc) is 2.64. The maximum Gasteiger partial charge on any atom is 0.236 e. The van der Waals surface area contributed by atoms with Crippen LogP contribution in [0.5, 0.6) is 0 Å². The van der Waals surface area contributed by atoms with Crippen LogP contribution in [0.1, 0.15) is 25.7 Å². The molecule has 1 aromatic carbocycles. The van der Waals surface area contributed by atoms with Crippen molar-refractivity contribution >= 4 is 35.0 Å². The Morgan fingerprint density at radius 2 is 1.15 bits per heavy atom. The second kappa shape index (κ2) is 7.99. The molecule has 0 radical (unpaired) electrons. The first-order valence-corrected chi connectivity index (χ1v) is 8.82. The van der Waals surface area contributed by atoms with Gasteiger partial charge in [0.05, 0.1) is 0 Å². The number of rotatable bonds is 4. The molecule has 2 unspecified atom stereocenters. The second-order valence-corrected chi connectivity index (χ2v) is 6.53. The molecule has 3 rings (SSSR count). The number of amides is 4. The molecule has 0 bridgehead atoms. The molecule has 2 saturated heterocycles. The Labute approximate surface area is 151 Å². The van der Waals surface area contributed by atoms with E-state index in [2.05, 4.69) is 21.3 Å². The fourth-order valence-corrected chi connectivity index (χ4v) is 3.14. The highest BCUT2D eigenvalue weighted by atomic mass is 16.2. The molecule has 1 aromatic rings. The Hall–Kier alpha value is -2.90. The van der Waals surface area contributed by atoms with Crippen LogP contribution in [-0.2, 0) is 19.2 Å². The molecular formula is C18H22N4O4. The zero-order chi connectivity index (χ0) is 18.5. The lowest BCUT2D eigenvalue weighted by molar-refractivity contribution is -0.135. The van der Waals surface area contributed by atoms with Crippen molar-refractivity contribution < 1.29 is 19.2 Å². The zero-order valence-electron chi connectivity index (χ0n) is 14.3. The largest absolute Gasteiger partial charge is 0.355 e. The predicted molar refractivity (Wildman–Crippen MR) is 95.2 cm³/mol. The summed E-state index contributed by atoms with van der Waals surface area (Å²) >= 11 is 0. The van der Waals surface area contributed by atoms with Gasteiger partial charge >= 0.3 is 0 Å². The highest BCUT2D eigenvalue weighted by molar-refractivity contribution is 6.08. The van der Waals surface area contributed by atoms with Crippen molar-refractivity contribution in [3.05, 3.63) is 24.3 Å². The van der Waals surface area contributed by atoms with Gasteiger partial charge in [-0.3, -0.25) is 19.2 Å². The van der Waals surface area contributed by atoms with E-state index in [0.717, 1.165) is 12.8 Å². The molecule has 2 heterocycles. The van der Waals surface area contributed by atoms with Crippen LogP contribution in [0.2, 0.25) is 0 Å². The van der Waals surface area contributed by atoms with Gasteiger partial charge in [0.1, 0.15) is 11.8 Å². The third kappa shape index (κ3) is 4.19. The van der Waals surface area contributed by atoms with E-state index in [1.165, 1.54) is 0 Å². The van der Waals surface area contributed by atoms with Crippen molar-refractivity contribution in [2.75, 3.05) is 23.7 Å². The topological polar surface area (TPSA) is 116 Å². The third-order valence-corrected chi connectivity index (χ3v) is 4.62. The number of carbonyl (C=O) groups excluding carboxylic acids is 4. The number of hydrogen-bond acceptors (Lipinski definition) is 4. The van der Waals surface area contributed by atoms with Gasteiger partial charge in [0.15, 0.2) is 0 Å². The fourth-order valence-electron chi connectivity index (χ4n) is 3.14. The van der Waals surface area contributed by atoms with Gasteiger partial charge < -0.3 is 21.3 Å². The summed E-state index contributed by atoms with van der Waals surface area (Å²) in [5.41, 5.74) is 1.09. The standard InChI is InChI=1S/C18H22N4O4/c23-15-13(3-1-9-19-15)17(25)21-11-5-7-12(8-6-11)22-18(26)14-4-2-10-20-16(14)24/h5-8,13-14H,1-4,9-10H2,(H,19,23)(H,20,24)(H,21,25)(H,22,26). The van der Waals surface area contributed by atoms with Crippen LogP contribution in [0.15, 0.2) is 24.3 Å². The summed E-state index contributed by atoms with van der Waals surface area (Å²) in [5.74, 6) is -2.51. The summed E-state index contributed by atoms with van der Waals surface area (Å²) in [6, 6.07) is 6.59. The smallest absolute Gasteiger partial charge is 0.236 e. The van der Waals surface area contributed by atoms with E-state index >= 15 is 0 Å². The Morgan fingerprint density at radius 1 is 0.769 bits per heavy atom. The summed E-state index contributed by atoms with van der Waals surface area (Å²) < 4.78 is 0. The predicted octanol–water partition coefficient (Wildman–Crippen LogP) is 0.616. The lowest BCUT2D eigenvalue weighted by Crippen LogP contribution is -2.42. The van der Waals surface area contributed by atoms with Crippen LogP contribution in [0.25, 0.3) is 0 Å². The monoisotopic (exact) mass is 358 g/mol. The first kappa shape index (κ1) is 17.9. The van der Waals surface area contributed by atoms with Gasteiger partial charge in [-0.25, -0.2) is 0 Å². The number of carbonyl (C=O) groups is 4. The normalized spacial score (nSPS) is 22.8. The number of anilines is 2. The van der Waals surface area contributed by atoms with E-state index in [9.17, 15) is 19.2 Å². The van der Waals surface area contributed by atoms with E-state index < -0.39 is 11.8 Å². The van der Waals surface area contributed by atoms with Crippen molar-refractivity contribution in [3.8, 4) is 0 Å². The Morgan fingerprint density at radius 3 is 1.50 bits per heavy atom. The first-order valence-electron chi connectivity index (χ1n) is 8.82. The molecule has 4 amide bonds. The summed E-state index contributed by atoms with van der Waals surface area (Å²) in [6.45, 7) is 1.21. The average molecular weight is 358 g/mol. The van der Waals surface area contributed by atoms with Crippen LogP contribution in [0, 0.1) is 11.8 Å². The third-order valence-electron chi connectivity index (χ3n) is 4.62. The van der Waals surface area contributed by atoms with E-state index in [1.54, 1.807) is 24.3 Å². The molecule has 0 saturated carbocycles. The van der Waals surface area contributed by atoms with Gasteiger partial charge in [0.2, 0.25) is 23.6 Å². The maximum atomic E-state index is 12.2. The number of nitrogens with one attached hydrogen (secondary N) is 4. The lowest BCUT2D eigenvalue weighted by atomic mass is 9.97. The molecule has 2 fully saturated rings. The second-order valence-electron chi connectivity index (χ2n) is 6.53. The Kier molecular flexibility index (Phi) is 5.50. The number of benzene rings is 1. The summed E-state index contributed by atoms with van der Waals surface area (Å²) in [7, 11) is 0. The summed E-state index contributed by atoms with van der Waals surface area (Å²) in [6.07, 6.45) is 2.64. The van der Waals surface area contributed by atoms with Crippen molar-refractivity contribution in [3.63, 3.8) is 0 Å². The molecule has 2 aliphatic heterocycles. The van der Waals surface area contributed by atoms with Crippen LogP contribution >= 0.6 is 0 Å². The van der Waals surface area contributed by atoms with Crippen molar-refractivity contribution in [2.24, 2.45) is 11.8 Å². The van der Waals surface area contributed by atoms with Crippen molar-refractivity contribution in [1.29, 1.82) is 0 Å². The van der Waals surface area contributed by atoms with Gasteiger partial charge in [-0.2, -0.15) is 0 Å². The van der Waals surface area contributed by atoms with Crippen molar-refractivity contribution in [1.82, 2.24) is 10.6 Å². The van der Waals surface area contributed by atoms with Crippen LogP contribution < -0.4 is 21.3 Å². The van der Waals surface area contributed by atoms with Gasteiger partial charge in [0, 0.05) is 24.5 Å². The van der Waals surface area contributed by atoms with Crippen LogP contribution in [0.4, 0.5) is 11.4 Å². The molecule has 0 spiro atoms. The molecule has 8 nitrogen and oxygen atoms in total. The molecule has 0 aromatic heterocycles. The fraction of sp³-hybridized carbons (Fsp3) is 0.444. The molecule has 2 aliphatic rings. The Balaban J connectivity index is 1.56. The first-order chi connectivity index (χ1) is 12.5. The Bertz CT molecular complexity index is 655. The highest BCUT2D eigenvalue weighted by Crippen LogP contribution is 2.19. The minimum absolute atomic E-state index is 0.247. The lowest BCUT2D eigenvalue weighted by Gasteiger charge is -2.21. The number of piperidine rings is 2. The van der Waals surface area contributed by atoms with Gasteiger partial charge in [0.25, 0.3) is 0 Å². The van der Waals surface area contributed by atoms with Crippen LogP contribution in [0.3, 0.4) is 0 Å². The molecule has 2 atom stereocenters. The maximum absolute atomic E-state index is 12.2. The molecule has 26 heavy (non-hydrogen) atoms. The van der Waals surface area contributed by atoms with Gasteiger partial charge in [-0.15, -0.1) is 0 Å². The van der Waals surface area contributed by atoms with Crippen molar-refractivity contribution in [2.45, 2.75) is 25.7 Å². The molecule has 4 N–H and O–H groups in total. The van der Waals surface area contributed by atoms with E-state index in [4.69, 9.17) is 0 Å². The highest BCUT2D eigenvalue weighted by Gasteiger charge is 2.30. The summed E-state index contributed by atoms with van der Waals surface area (Å²) in [5, 5.41) is 10.8. The quantitative estimate of drug-likeness (QED) is 0.590. The van der Waals surface area contributed by atoms with E-state index in [0.29, 0.717) is 37.3 Å². The van der Waals surface area contributed by atoms with E-state index in [1.807, 2.05) is 0 Å². The van der Waals surface area contributed by atoms with Gasteiger partial charge in [-0.1, -0.05) is 0 Å². The van der Waals surface area contributed by atoms with Crippen LogP contribution in [-0.4, -0.2) is 36.7 Å². The van der Waals surface area contributed by atoms with Gasteiger partial charge in [-0.05, 0) is 49.9 Å². The minimum atomic E-state index is -0.673. The zero-order valence-corrected chi connectivity index (χ0v) is 14.3. The number of hydrogen-bond donors (Lipinski definition) is 4. The summed E-state index contributed by atoms with van der Waals surface area (Å²) in [4.78, 5) is 47.8. The van der Waals surface area contributed by atoms with E-state index in [-0.39, 0.29) is 23.6 Å². The molecule has 138 valence electrons. The molecule has 8 heteroatoms. The SMILES string of the molecule is O=C1NCCCC1C(=O)Nc1ccc(NC(=O)C2CCCNC2=O)cc1. The minimum Gasteiger partial charge on any atom is -0.355 e.